The molecule has 3 nitrogen and oxygen atoms in total. The SMILES string of the molecule is CSC(O)C(=O)[O-].[Na+]. The summed E-state index contributed by atoms with van der Waals surface area (Å²) >= 11 is 0.826. The molecule has 0 spiro atoms. The second kappa shape index (κ2) is 5.91. The van der Waals surface area contributed by atoms with Gasteiger partial charge in [-0.15, -0.1) is 11.8 Å². The first-order valence-electron chi connectivity index (χ1n) is 1.60. The number of aliphatic hydroxyl groups is 1. The maximum Gasteiger partial charge on any atom is 1.00 e. The van der Waals surface area contributed by atoms with Crippen molar-refractivity contribution >= 4 is 17.7 Å². The first-order valence-corrected chi connectivity index (χ1v) is 2.89. The summed E-state index contributed by atoms with van der Waals surface area (Å²) in [7, 11) is 0. The van der Waals surface area contributed by atoms with Crippen molar-refractivity contribution < 1.29 is 44.6 Å². The van der Waals surface area contributed by atoms with Gasteiger partial charge >= 0.3 is 29.6 Å². The molecule has 1 atom stereocenters. The van der Waals surface area contributed by atoms with Crippen molar-refractivity contribution in [2.75, 3.05) is 6.26 Å². The van der Waals surface area contributed by atoms with E-state index in [0.717, 1.165) is 11.8 Å². The van der Waals surface area contributed by atoms with E-state index in [1.165, 1.54) is 6.26 Å². The second-order valence-corrected chi connectivity index (χ2v) is 1.83. The van der Waals surface area contributed by atoms with Gasteiger partial charge in [-0.1, -0.05) is 0 Å². The van der Waals surface area contributed by atoms with E-state index in [2.05, 4.69) is 0 Å². The maximum absolute atomic E-state index is 9.55. The predicted molar refractivity (Wildman–Crippen MR) is 24.5 cm³/mol. The van der Waals surface area contributed by atoms with Gasteiger partial charge in [0.1, 0.15) is 5.44 Å². The largest absolute Gasteiger partial charge is 1.00 e. The third-order valence-corrected chi connectivity index (χ3v) is 1.06. The Hall–Kier alpha value is 0.780. The van der Waals surface area contributed by atoms with E-state index in [0.29, 0.717) is 0 Å². The van der Waals surface area contributed by atoms with E-state index in [1.54, 1.807) is 0 Å². The number of carbonyl (C=O) groups is 1. The van der Waals surface area contributed by atoms with Gasteiger partial charge in [0.25, 0.3) is 0 Å². The number of aliphatic hydroxyl groups excluding tert-OH is 1. The van der Waals surface area contributed by atoms with Gasteiger partial charge in [-0.2, -0.15) is 0 Å². The molecule has 0 saturated carbocycles. The summed E-state index contributed by atoms with van der Waals surface area (Å²) in [5.74, 6) is -1.44. The Morgan fingerprint density at radius 3 is 2.25 bits per heavy atom. The maximum atomic E-state index is 9.55. The number of rotatable bonds is 2. The summed E-state index contributed by atoms with van der Waals surface area (Å²) in [6.45, 7) is 0. The van der Waals surface area contributed by atoms with Crippen LogP contribution in [0.15, 0.2) is 0 Å². The van der Waals surface area contributed by atoms with Crippen molar-refractivity contribution in [2.45, 2.75) is 5.44 Å². The summed E-state index contributed by atoms with van der Waals surface area (Å²) in [5.41, 5.74) is -1.38. The fourth-order valence-electron chi connectivity index (χ4n) is 0.0962. The molecular formula is C3H5NaO3S. The minimum absolute atomic E-state index is 0. The molecular weight excluding hydrogens is 139 g/mol. The molecule has 0 aromatic rings. The van der Waals surface area contributed by atoms with Gasteiger partial charge in [0.15, 0.2) is 0 Å². The standard InChI is InChI=1S/C3H6O3S.Na/c1-7-3(6)2(4)5;/h3,6H,1H3,(H,4,5);/q;+1/p-1. The number of thioether (sulfide) groups is 1. The molecule has 8 heavy (non-hydrogen) atoms. The monoisotopic (exact) mass is 144 g/mol. The van der Waals surface area contributed by atoms with E-state index >= 15 is 0 Å². The van der Waals surface area contributed by atoms with Crippen LogP contribution in [-0.4, -0.2) is 22.8 Å². The Labute approximate surface area is 73.8 Å². The van der Waals surface area contributed by atoms with Gasteiger partial charge < -0.3 is 15.0 Å². The van der Waals surface area contributed by atoms with Crippen LogP contribution in [0.1, 0.15) is 0 Å². The number of carbonyl (C=O) groups excluding carboxylic acids is 1. The third-order valence-electron chi connectivity index (χ3n) is 0.425. The number of carboxylic acid groups (broad SMARTS) is 1. The Kier molecular flexibility index (Phi) is 8.54. The van der Waals surface area contributed by atoms with E-state index < -0.39 is 11.4 Å². The summed E-state index contributed by atoms with van der Waals surface area (Å²) in [4.78, 5) is 9.55. The average Bonchev–Trinajstić information content (AvgIpc) is 1.65. The zero-order valence-corrected chi connectivity index (χ0v) is 7.57. The topological polar surface area (TPSA) is 60.4 Å². The van der Waals surface area contributed by atoms with E-state index in [1.807, 2.05) is 0 Å². The fourth-order valence-corrected chi connectivity index (χ4v) is 0.289. The van der Waals surface area contributed by atoms with Crippen molar-refractivity contribution in [2.24, 2.45) is 0 Å². The molecule has 5 heteroatoms. The number of carboxylic acids is 1. The summed E-state index contributed by atoms with van der Waals surface area (Å²) < 4.78 is 0. The van der Waals surface area contributed by atoms with Crippen LogP contribution in [0, 0.1) is 0 Å². The van der Waals surface area contributed by atoms with Gasteiger partial charge in [-0.05, 0) is 6.26 Å². The molecule has 1 unspecified atom stereocenters. The molecule has 0 amide bonds. The van der Waals surface area contributed by atoms with Gasteiger partial charge in [0.2, 0.25) is 0 Å². The third kappa shape index (κ3) is 4.93. The summed E-state index contributed by atoms with van der Waals surface area (Å²) in [6.07, 6.45) is 1.49. The molecule has 0 radical (unpaired) electrons. The molecule has 0 aliphatic carbocycles. The predicted octanol–water partition coefficient (Wildman–Crippen LogP) is -4.58. The van der Waals surface area contributed by atoms with Crippen molar-refractivity contribution in [1.82, 2.24) is 0 Å². The Bertz CT molecular complexity index is 76.9. The van der Waals surface area contributed by atoms with E-state index in [4.69, 9.17) is 5.11 Å². The molecule has 0 rings (SSSR count). The zero-order valence-electron chi connectivity index (χ0n) is 4.75. The number of aliphatic carboxylic acids is 1. The van der Waals surface area contributed by atoms with Crippen LogP contribution >= 0.6 is 11.8 Å². The van der Waals surface area contributed by atoms with Crippen molar-refractivity contribution in [1.29, 1.82) is 0 Å². The van der Waals surface area contributed by atoms with E-state index in [-0.39, 0.29) is 29.6 Å². The first kappa shape index (κ1) is 11.6. The summed E-state index contributed by atoms with van der Waals surface area (Å²) in [6, 6.07) is 0. The van der Waals surface area contributed by atoms with Gasteiger partial charge in [0.05, 0.1) is 5.97 Å². The van der Waals surface area contributed by atoms with Gasteiger partial charge in [0, 0.05) is 0 Å². The fraction of sp³-hybridized carbons (Fsp3) is 0.667. The molecule has 0 fully saturated rings. The van der Waals surface area contributed by atoms with Crippen LogP contribution in [0.25, 0.3) is 0 Å². The van der Waals surface area contributed by atoms with Crippen LogP contribution in [0.2, 0.25) is 0 Å². The van der Waals surface area contributed by atoms with Crippen LogP contribution in [0.5, 0.6) is 0 Å². The molecule has 0 aromatic heterocycles. The Balaban J connectivity index is 0. The number of hydrogen-bond acceptors (Lipinski definition) is 4. The minimum Gasteiger partial charge on any atom is -0.546 e. The van der Waals surface area contributed by atoms with Crippen LogP contribution in [0.3, 0.4) is 0 Å². The van der Waals surface area contributed by atoms with Gasteiger partial charge in [-0.25, -0.2) is 0 Å². The first-order chi connectivity index (χ1) is 3.18. The smallest absolute Gasteiger partial charge is 0.546 e. The quantitative estimate of drug-likeness (QED) is 0.313. The molecule has 0 aliphatic rings. The molecule has 1 N–H and O–H groups in total. The zero-order chi connectivity index (χ0) is 5.86. The molecule has 0 aliphatic heterocycles. The molecule has 0 saturated heterocycles. The Morgan fingerprint density at radius 2 is 2.25 bits per heavy atom. The molecule has 42 valence electrons. The van der Waals surface area contributed by atoms with Crippen molar-refractivity contribution in [3.63, 3.8) is 0 Å². The second-order valence-electron chi connectivity index (χ2n) is 0.907. The van der Waals surface area contributed by atoms with Crippen LogP contribution in [-0.2, 0) is 4.79 Å². The Morgan fingerprint density at radius 1 is 1.88 bits per heavy atom. The van der Waals surface area contributed by atoms with Crippen LogP contribution in [0.4, 0.5) is 0 Å². The minimum atomic E-state index is -1.44. The van der Waals surface area contributed by atoms with Crippen LogP contribution < -0.4 is 34.7 Å². The average molecular weight is 144 g/mol. The van der Waals surface area contributed by atoms with Crippen molar-refractivity contribution in [3.8, 4) is 0 Å². The van der Waals surface area contributed by atoms with Crippen molar-refractivity contribution in [3.05, 3.63) is 0 Å². The molecule has 0 bridgehead atoms. The molecule has 0 heterocycles. The van der Waals surface area contributed by atoms with E-state index in [9.17, 15) is 9.90 Å². The van der Waals surface area contributed by atoms with Gasteiger partial charge in [-0.3, -0.25) is 0 Å². The number of hydrogen-bond donors (Lipinski definition) is 1. The molecule has 0 aromatic carbocycles. The summed E-state index contributed by atoms with van der Waals surface area (Å²) in [5, 5.41) is 17.8. The normalized spacial score (nSPS) is 11.8.